The van der Waals surface area contributed by atoms with Gasteiger partial charge in [0.1, 0.15) is 11.6 Å². The van der Waals surface area contributed by atoms with Gasteiger partial charge in [0, 0.05) is 5.56 Å². The zero-order valence-electron chi connectivity index (χ0n) is 8.04. The van der Waals surface area contributed by atoms with E-state index in [0.29, 0.717) is 0 Å². The molecule has 5 heteroatoms. The molecule has 1 aromatic carbocycles. The molecule has 0 aliphatic rings. The normalized spacial score (nSPS) is 12.5. The quantitative estimate of drug-likeness (QED) is 0.836. The van der Waals surface area contributed by atoms with Crippen LogP contribution >= 0.6 is 0 Å². The number of hydrogen-bond donors (Lipinski definition) is 1. The number of carboxylic acids is 1. The van der Waals surface area contributed by atoms with Crippen LogP contribution in [0.3, 0.4) is 0 Å². The molecule has 0 fully saturated rings. The minimum absolute atomic E-state index is 0.00287. The lowest BCUT2D eigenvalue weighted by Crippen LogP contribution is -2.19. The molecule has 0 saturated heterocycles. The zero-order valence-corrected chi connectivity index (χ0v) is 8.04. The van der Waals surface area contributed by atoms with E-state index < -0.39 is 23.7 Å². The zero-order chi connectivity index (χ0) is 11.4. The van der Waals surface area contributed by atoms with E-state index in [1.54, 1.807) is 0 Å². The second-order valence-electron chi connectivity index (χ2n) is 3.03. The van der Waals surface area contributed by atoms with Crippen molar-refractivity contribution in [3.05, 3.63) is 35.4 Å². The van der Waals surface area contributed by atoms with E-state index in [4.69, 9.17) is 9.84 Å². The Labute approximate surface area is 85.3 Å². The van der Waals surface area contributed by atoms with Crippen LogP contribution in [0.5, 0.6) is 0 Å². The van der Waals surface area contributed by atoms with E-state index in [1.807, 2.05) is 0 Å². The van der Waals surface area contributed by atoms with Crippen molar-refractivity contribution < 1.29 is 23.4 Å². The molecular formula is C10H10F2O3. The Hall–Kier alpha value is -1.49. The van der Waals surface area contributed by atoms with Crippen LogP contribution in [0.2, 0.25) is 0 Å². The third-order valence-electron chi connectivity index (χ3n) is 1.84. The highest BCUT2D eigenvalue weighted by Crippen LogP contribution is 2.11. The minimum Gasteiger partial charge on any atom is -0.479 e. The molecule has 15 heavy (non-hydrogen) atoms. The van der Waals surface area contributed by atoms with Gasteiger partial charge in [-0.25, -0.2) is 13.6 Å². The molecule has 0 heterocycles. The number of benzene rings is 1. The molecule has 0 aliphatic carbocycles. The van der Waals surface area contributed by atoms with Crippen LogP contribution in [0.15, 0.2) is 18.2 Å². The third kappa shape index (κ3) is 3.28. The highest BCUT2D eigenvalue weighted by atomic mass is 19.1. The van der Waals surface area contributed by atoms with Crippen molar-refractivity contribution in [2.45, 2.75) is 19.6 Å². The largest absolute Gasteiger partial charge is 0.479 e. The number of rotatable bonds is 4. The van der Waals surface area contributed by atoms with Crippen molar-refractivity contribution in [2.75, 3.05) is 0 Å². The van der Waals surface area contributed by atoms with Crippen LogP contribution in [0.25, 0.3) is 0 Å². The Bertz CT molecular complexity index is 366. The van der Waals surface area contributed by atoms with Gasteiger partial charge in [-0.3, -0.25) is 0 Å². The highest BCUT2D eigenvalue weighted by Gasteiger charge is 2.12. The molecule has 1 atom stereocenters. The summed E-state index contributed by atoms with van der Waals surface area (Å²) in [5.74, 6) is -2.35. The lowest BCUT2D eigenvalue weighted by molar-refractivity contribution is -0.149. The number of halogens is 2. The van der Waals surface area contributed by atoms with Crippen molar-refractivity contribution >= 4 is 5.97 Å². The molecular weight excluding hydrogens is 206 g/mol. The number of ether oxygens (including phenoxy) is 1. The average Bonchev–Trinajstić information content (AvgIpc) is 2.18. The summed E-state index contributed by atoms with van der Waals surface area (Å²) in [5, 5.41) is 8.49. The molecule has 0 bridgehead atoms. The predicted molar refractivity (Wildman–Crippen MR) is 48.2 cm³/mol. The van der Waals surface area contributed by atoms with Gasteiger partial charge in [-0.2, -0.15) is 0 Å². The van der Waals surface area contributed by atoms with Crippen molar-refractivity contribution in [2.24, 2.45) is 0 Å². The number of carbonyl (C=O) groups is 1. The summed E-state index contributed by atoms with van der Waals surface area (Å²) >= 11 is 0. The minimum atomic E-state index is -1.15. The molecule has 0 spiro atoms. The Morgan fingerprint density at radius 3 is 2.80 bits per heavy atom. The lowest BCUT2D eigenvalue weighted by Gasteiger charge is -2.08. The second-order valence-corrected chi connectivity index (χ2v) is 3.03. The molecule has 1 rings (SSSR count). The van der Waals surface area contributed by atoms with Crippen molar-refractivity contribution in [1.82, 2.24) is 0 Å². The maximum absolute atomic E-state index is 13.0. The molecule has 3 nitrogen and oxygen atoms in total. The molecule has 1 unspecified atom stereocenters. The summed E-state index contributed by atoms with van der Waals surface area (Å²) in [7, 11) is 0. The highest BCUT2D eigenvalue weighted by molar-refractivity contribution is 5.71. The number of hydrogen-bond acceptors (Lipinski definition) is 2. The first-order valence-corrected chi connectivity index (χ1v) is 4.29. The van der Waals surface area contributed by atoms with Crippen LogP contribution in [0, 0.1) is 11.6 Å². The first-order valence-electron chi connectivity index (χ1n) is 4.29. The maximum atomic E-state index is 13.0. The van der Waals surface area contributed by atoms with E-state index >= 15 is 0 Å². The molecule has 0 radical (unpaired) electrons. The topological polar surface area (TPSA) is 46.5 Å². The maximum Gasteiger partial charge on any atom is 0.332 e. The summed E-state index contributed by atoms with van der Waals surface area (Å²) in [6, 6.07) is 2.93. The molecule has 82 valence electrons. The van der Waals surface area contributed by atoms with E-state index in [0.717, 1.165) is 18.2 Å². The Balaban J connectivity index is 2.65. The molecule has 1 aromatic rings. The summed E-state index contributed by atoms with van der Waals surface area (Å²) in [6.45, 7) is 1.05. The fourth-order valence-electron chi connectivity index (χ4n) is 0.940. The van der Waals surface area contributed by atoms with Gasteiger partial charge >= 0.3 is 5.97 Å². The summed E-state index contributed by atoms with van der Waals surface area (Å²) in [4.78, 5) is 10.4. The fraction of sp³-hybridized carbons (Fsp3) is 0.300. The predicted octanol–water partition coefficient (Wildman–Crippen LogP) is 1.95. The molecule has 0 aromatic heterocycles. The van der Waals surface area contributed by atoms with Crippen LogP contribution in [-0.2, 0) is 16.1 Å². The Morgan fingerprint density at radius 2 is 2.20 bits per heavy atom. The number of carboxylic acid groups (broad SMARTS) is 1. The monoisotopic (exact) mass is 216 g/mol. The van der Waals surface area contributed by atoms with Crippen LogP contribution < -0.4 is 0 Å². The van der Waals surface area contributed by atoms with Crippen molar-refractivity contribution in [3.8, 4) is 0 Å². The Morgan fingerprint density at radius 1 is 1.53 bits per heavy atom. The Kier molecular flexibility index (Phi) is 3.74. The summed E-state index contributed by atoms with van der Waals surface area (Å²) in [5.41, 5.74) is 0.00287. The van der Waals surface area contributed by atoms with Crippen molar-refractivity contribution in [1.29, 1.82) is 0 Å². The fourth-order valence-corrected chi connectivity index (χ4v) is 0.940. The molecule has 0 aliphatic heterocycles. The molecule has 0 saturated carbocycles. The van der Waals surface area contributed by atoms with Gasteiger partial charge in [0.15, 0.2) is 6.10 Å². The van der Waals surface area contributed by atoms with E-state index in [-0.39, 0.29) is 12.2 Å². The van der Waals surface area contributed by atoms with Crippen molar-refractivity contribution in [3.63, 3.8) is 0 Å². The second kappa shape index (κ2) is 4.84. The average molecular weight is 216 g/mol. The van der Waals surface area contributed by atoms with Crippen LogP contribution in [-0.4, -0.2) is 17.2 Å². The van der Waals surface area contributed by atoms with Crippen LogP contribution in [0.1, 0.15) is 12.5 Å². The van der Waals surface area contributed by atoms with E-state index in [9.17, 15) is 13.6 Å². The van der Waals surface area contributed by atoms with Gasteiger partial charge in [0.2, 0.25) is 0 Å². The third-order valence-corrected chi connectivity index (χ3v) is 1.84. The SMILES string of the molecule is CC(OCc1cc(F)ccc1F)C(=O)O. The van der Waals surface area contributed by atoms with E-state index in [2.05, 4.69) is 0 Å². The molecule has 1 N–H and O–H groups in total. The summed E-state index contributed by atoms with van der Waals surface area (Å²) < 4.78 is 30.5. The first kappa shape index (κ1) is 11.6. The first-order chi connectivity index (χ1) is 7.00. The molecule has 0 amide bonds. The number of aliphatic carboxylic acids is 1. The summed E-state index contributed by atoms with van der Waals surface area (Å²) in [6.07, 6.45) is -1.05. The van der Waals surface area contributed by atoms with E-state index in [1.165, 1.54) is 6.92 Å². The van der Waals surface area contributed by atoms with Gasteiger partial charge in [0.25, 0.3) is 0 Å². The standard InChI is InChI=1S/C10H10F2O3/c1-6(10(13)14)15-5-7-4-8(11)2-3-9(7)12/h2-4,6H,5H2,1H3,(H,13,14). The smallest absolute Gasteiger partial charge is 0.332 e. The van der Waals surface area contributed by atoms with Gasteiger partial charge in [-0.1, -0.05) is 0 Å². The lowest BCUT2D eigenvalue weighted by atomic mass is 10.2. The van der Waals surface area contributed by atoms with Gasteiger partial charge < -0.3 is 9.84 Å². The van der Waals surface area contributed by atoms with Gasteiger partial charge in [-0.05, 0) is 25.1 Å². The van der Waals surface area contributed by atoms with Gasteiger partial charge in [-0.15, -0.1) is 0 Å². The van der Waals surface area contributed by atoms with Gasteiger partial charge in [0.05, 0.1) is 6.61 Å². The van der Waals surface area contributed by atoms with Crippen LogP contribution in [0.4, 0.5) is 8.78 Å².